The SMILES string of the molecule is COc1ccc(-c2cc(C(=O)O)nc(-n3nc(C)cc3C)n2)cc1. The number of aryl methyl sites for hydroxylation is 2. The van der Waals surface area contributed by atoms with Crippen molar-refractivity contribution in [1.82, 2.24) is 19.7 Å². The average Bonchev–Trinajstić information content (AvgIpc) is 2.93. The molecule has 0 saturated carbocycles. The molecule has 0 aliphatic carbocycles. The maximum absolute atomic E-state index is 11.4. The third kappa shape index (κ3) is 2.96. The molecule has 0 amide bonds. The Morgan fingerprint density at radius 2 is 1.83 bits per heavy atom. The van der Waals surface area contributed by atoms with Gasteiger partial charge in [-0.05, 0) is 50.2 Å². The first-order chi connectivity index (χ1) is 11.5. The van der Waals surface area contributed by atoms with Crippen LogP contribution in [0.4, 0.5) is 0 Å². The predicted octanol–water partition coefficient (Wildman–Crippen LogP) is 2.65. The summed E-state index contributed by atoms with van der Waals surface area (Å²) in [6, 6.07) is 10.5. The van der Waals surface area contributed by atoms with E-state index < -0.39 is 5.97 Å². The van der Waals surface area contributed by atoms with Crippen LogP contribution >= 0.6 is 0 Å². The molecule has 7 nitrogen and oxygen atoms in total. The molecule has 122 valence electrons. The number of carbonyl (C=O) groups is 1. The van der Waals surface area contributed by atoms with Crippen molar-refractivity contribution < 1.29 is 14.6 Å². The van der Waals surface area contributed by atoms with Gasteiger partial charge in [0.15, 0.2) is 5.69 Å². The third-order valence-electron chi connectivity index (χ3n) is 3.52. The van der Waals surface area contributed by atoms with E-state index >= 15 is 0 Å². The van der Waals surface area contributed by atoms with E-state index in [2.05, 4.69) is 15.1 Å². The van der Waals surface area contributed by atoms with Crippen LogP contribution in [0.25, 0.3) is 17.2 Å². The highest BCUT2D eigenvalue weighted by Gasteiger charge is 2.15. The normalized spacial score (nSPS) is 10.6. The van der Waals surface area contributed by atoms with E-state index in [4.69, 9.17) is 4.74 Å². The molecule has 0 aliphatic heterocycles. The summed E-state index contributed by atoms with van der Waals surface area (Å²) in [6.45, 7) is 3.72. The van der Waals surface area contributed by atoms with Crippen molar-refractivity contribution in [3.8, 4) is 23.0 Å². The fraction of sp³-hybridized carbons (Fsp3) is 0.176. The zero-order chi connectivity index (χ0) is 17.3. The standard InChI is InChI=1S/C17H16N4O3/c1-10-8-11(2)21(20-10)17-18-14(9-15(19-17)16(22)23)12-4-6-13(24-3)7-5-12/h4-9H,1-3H3,(H,22,23). The van der Waals surface area contributed by atoms with Crippen molar-refractivity contribution in [2.24, 2.45) is 0 Å². The highest BCUT2D eigenvalue weighted by atomic mass is 16.5. The van der Waals surface area contributed by atoms with Crippen LogP contribution in [0, 0.1) is 13.8 Å². The Morgan fingerprint density at radius 3 is 2.38 bits per heavy atom. The summed E-state index contributed by atoms with van der Waals surface area (Å²) in [6.07, 6.45) is 0. The molecule has 7 heteroatoms. The van der Waals surface area contributed by atoms with Gasteiger partial charge in [0.05, 0.1) is 18.5 Å². The summed E-state index contributed by atoms with van der Waals surface area (Å²) in [5.74, 6) is -0.175. The number of hydrogen-bond donors (Lipinski definition) is 1. The molecule has 0 saturated heterocycles. The first kappa shape index (κ1) is 15.7. The van der Waals surface area contributed by atoms with E-state index in [1.807, 2.05) is 32.0 Å². The molecular formula is C17H16N4O3. The molecule has 3 aromatic rings. The highest BCUT2D eigenvalue weighted by Crippen LogP contribution is 2.22. The molecule has 24 heavy (non-hydrogen) atoms. The van der Waals surface area contributed by atoms with E-state index in [1.54, 1.807) is 19.2 Å². The zero-order valence-corrected chi connectivity index (χ0v) is 13.5. The van der Waals surface area contributed by atoms with E-state index in [1.165, 1.54) is 10.7 Å². The van der Waals surface area contributed by atoms with Gasteiger partial charge in [0, 0.05) is 11.3 Å². The van der Waals surface area contributed by atoms with Crippen molar-refractivity contribution in [1.29, 1.82) is 0 Å². The molecule has 0 aliphatic rings. The lowest BCUT2D eigenvalue weighted by Gasteiger charge is -2.08. The minimum absolute atomic E-state index is 0.0848. The van der Waals surface area contributed by atoms with Crippen molar-refractivity contribution in [3.63, 3.8) is 0 Å². The van der Waals surface area contributed by atoms with Crippen LogP contribution in [0.3, 0.4) is 0 Å². The molecule has 0 unspecified atom stereocenters. The molecular weight excluding hydrogens is 308 g/mol. The Morgan fingerprint density at radius 1 is 1.12 bits per heavy atom. The summed E-state index contributed by atoms with van der Waals surface area (Å²) in [4.78, 5) is 20.0. The molecule has 3 rings (SSSR count). The monoisotopic (exact) mass is 324 g/mol. The number of ether oxygens (including phenoxy) is 1. The molecule has 0 bridgehead atoms. The van der Waals surface area contributed by atoms with Crippen LogP contribution in [-0.4, -0.2) is 37.9 Å². The Labute approximate surface area is 138 Å². The number of aromatic nitrogens is 4. The second-order valence-electron chi connectivity index (χ2n) is 5.31. The minimum atomic E-state index is -1.12. The van der Waals surface area contributed by atoms with Gasteiger partial charge in [-0.1, -0.05) is 0 Å². The Bertz CT molecular complexity index is 901. The Kier molecular flexibility index (Phi) is 3.99. The lowest BCUT2D eigenvalue weighted by Crippen LogP contribution is -2.10. The van der Waals surface area contributed by atoms with Gasteiger partial charge in [0.25, 0.3) is 5.95 Å². The number of aromatic carboxylic acids is 1. The van der Waals surface area contributed by atoms with Crippen LogP contribution in [0.1, 0.15) is 21.9 Å². The predicted molar refractivity (Wildman–Crippen MR) is 87.6 cm³/mol. The number of methoxy groups -OCH3 is 1. The van der Waals surface area contributed by atoms with Crippen molar-refractivity contribution in [2.45, 2.75) is 13.8 Å². The third-order valence-corrected chi connectivity index (χ3v) is 3.52. The molecule has 1 N–H and O–H groups in total. The number of benzene rings is 1. The van der Waals surface area contributed by atoms with Gasteiger partial charge in [-0.3, -0.25) is 0 Å². The van der Waals surface area contributed by atoms with Gasteiger partial charge in [-0.25, -0.2) is 19.4 Å². The van der Waals surface area contributed by atoms with Gasteiger partial charge in [0.2, 0.25) is 0 Å². The van der Waals surface area contributed by atoms with E-state index in [0.717, 1.165) is 17.0 Å². The average molecular weight is 324 g/mol. The van der Waals surface area contributed by atoms with Gasteiger partial charge in [-0.2, -0.15) is 5.10 Å². The second-order valence-corrected chi connectivity index (χ2v) is 5.31. The maximum Gasteiger partial charge on any atom is 0.354 e. The number of carboxylic acids is 1. The first-order valence-corrected chi connectivity index (χ1v) is 7.28. The maximum atomic E-state index is 11.4. The Hall–Kier alpha value is -3.22. The van der Waals surface area contributed by atoms with Gasteiger partial charge < -0.3 is 9.84 Å². The van der Waals surface area contributed by atoms with Crippen molar-refractivity contribution in [3.05, 3.63) is 53.5 Å². The van der Waals surface area contributed by atoms with Crippen LogP contribution in [0.5, 0.6) is 5.75 Å². The topological polar surface area (TPSA) is 90.1 Å². The molecule has 0 atom stereocenters. The Balaban J connectivity index is 2.15. The molecule has 0 spiro atoms. The van der Waals surface area contributed by atoms with E-state index in [0.29, 0.717) is 11.4 Å². The summed E-state index contributed by atoms with van der Waals surface area (Å²) >= 11 is 0. The number of carboxylic acid groups (broad SMARTS) is 1. The lowest BCUT2D eigenvalue weighted by molar-refractivity contribution is 0.0690. The van der Waals surface area contributed by atoms with Crippen LogP contribution < -0.4 is 4.74 Å². The van der Waals surface area contributed by atoms with E-state index in [-0.39, 0.29) is 11.6 Å². The van der Waals surface area contributed by atoms with E-state index in [9.17, 15) is 9.90 Å². The fourth-order valence-electron chi connectivity index (χ4n) is 2.38. The molecule has 0 fully saturated rings. The van der Waals surface area contributed by atoms with Gasteiger partial charge in [0.1, 0.15) is 5.75 Å². The number of rotatable bonds is 4. The minimum Gasteiger partial charge on any atom is -0.497 e. The second kappa shape index (κ2) is 6.11. The molecule has 2 aromatic heterocycles. The summed E-state index contributed by atoms with van der Waals surface area (Å²) < 4.78 is 6.67. The van der Waals surface area contributed by atoms with Gasteiger partial charge in [-0.15, -0.1) is 0 Å². The van der Waals surface area contributed by atoms with Crippen LogP contribution in [0.2, 0.25) is 0 Å². The van der Waals surface area contributed by atoms with Crippen molar-refractivity contribution in [2.75, 3.05) is 7.11 Å². The summed E-state index contributed by atoms with van der Waals surface area (Å²) in [7, 11) is 1.59. The highest BCUT2D eigenvalue weighted by molar-refractivity contribution is 5.87. The number of hydrogen-bond acceptors (Lipinski definition) is 5. The fourth-order valence-corrected chi connectivity index (χ4v) is 2.38. The van der Waals surface area contributed by atoms with Gasteiger partial charge >= 0.3 is 5.97 Å². The zero-order valence-electron chi connectivity index (χ0n) is 13.5. The quantitative estimate of drug-likeness (QED) is 0.793. The van der Waals surface area contributed by atoms with Crippen molar-refractivity contribution >= 4 is 5.97 Å². The lowest BCUT2D eigenvalue weighted by atomic mass is 10.1. The van der Waals surface area contributed by atoms with Crippen LogP contribution in [-0.2, 0) is 0 Å². The first-order valence-electron chi connectivity index (χ1n) is 7.28. The molecule has 0 radical (unpaired) electrons. The molecule has 2 heterocycles. The molecule has 1 aromatic carbocycles. The summed E-state index contributed by atoms with van der Waals surface area (Å²) in [5, 5.41) is 13.7. The number of nitrogens with zero attached hydrogens (tertiary/aromatic N) is 4. The van der Waals surface area contributed by atoms with Crippen LogP contribution in [0.15, 0.2) is 36.4 Å². The largest absolute Gasteiger partial charge is 0.497 e. The smallest absolute Gasteiger partial charge is 0.354 e. The summed E-state index contributed by atoms with van der Waals surface area (Å²) in [5.41, 5.74) is 2.83.